The highest BCUT2D eigenvalue weighted by atomic mass is 32.1. The van der Waals surface area contributed by atoms with Gasteiger partial charge in [0.1, 0.15) is 0 Å². The smallest absolute Gasteiger partial charge is 0.171 e. The van der Waals surface area contributed by atoms with Gasteiger partial charge in [-0.15, -0.1) is 0 Å². The molecule has 0 aliphatic carbocycles. The number of nitrogens with zero attached hydrogens (tertiary/aromatic N) is 2. The molecule has 1 heterocycles. The molecule has 0 unspecified atom stereocenters. The van der Waals surface area contributed by atoms with E-state index in [1.807, 2.05) is 42.9 Å². The lowest BCUT2D eigenvalue weighted by atomic mass is 10.2. The highest BCUT2D eigenvalue weighted by Crippen LogP contribution is 2.12. The first-order valence-electron chi connectivity index (χ1n) is 6.16. The van der Waals surface area contributed by atoms with Gasteiger partial charge in [-0.3, -0.25) is 4.68 Å². The van der Waals surface area contributed by atoms with E-state index < -0.39 is 0 Å². The van der Waals surface area contributed by atoms with Crippen molar-refractivity contribution in [2.45, 2.75) is 20.4 Å². The maximum Gasteiger partial charge on any atom is 0.171 e. The van der Waals surface area contributed by atoms with Crippen LogP contribution in [0.5, 0.6) is 0 Å². The molecular weight excluding hydrogens is 256 g/mol. The topological polar surface area (TPSA) is 41.9 Å². The lowest BCUT2D eigenvalue weighted by molar-refractivity contribution is 0.689. The Kier molecular flexibility index (Phi) is 4.16. The number of aryl methyl sites for hydroxylation is 3. The highest BCUT2D eigenvalue weighted by Gasteiger charge is 2.04. The number of benzene rings is 1. The molecule has 0 saturated heterocycles. The molecule has 0 aliphatic rings. The van der Waals surface area contributed by atoms with Gasteiger partial charge in [-0.2, -0.15) is 5.10 Å². The standard InChI is InChI=1S/C14H18N4S/c1-10-6-4-5-7-13(10)16-14(19)15-9-12-8-11(2)17-18(12)3/h4-8H,9H2,1-3H3,(H2,15,16,19). The van der Waals surface area contributed by atoms with Crippen LogP contribution in [0, 0.1) is 13.8 Å². The summed E-state index contributed by atoms with van der Waals surface area (Å²) in [6, 6.07) is 10.1. The van der Waals surface area contributed by atoms with Crippen molar-refractivity contribution in [1.82, 2.24) is 15.1 Å². The lowest BCUT2D eigenvalue weighted by Gasteiger charge is -2.12. The Morgan fingerprint density at radius 1 is 1.32 bits per heavy atom. The first kappa shape index (κ1) is 13.5. The van der Waals surface area contributed by atoms with Gasteiger partial charge in [0.25, 0.3) is 0 Å². The molecule has 0 bridgehead atoms. The first-order chi connectivity index (χ1) is 9.06. The molecule has 100 valence electrons. The lowest BCUT2D eigenvalue weighted by Crippen LogP contribution is -2.28. The van der Waals surface area contributed by atoms with Crippen molar-refractivity contribution in [3.05, 3.63) is 47.3 Å². The Morgan fingerprint density at radius 2 is 2.05 bits per heavy atom. The summed E-state index contributed by atoms with van der Waals surface area (Å²) in [7, 11) is 1.93. The van der Waals surface area contributed by atoms with Crippen molar-refractivity contribution in [1.29, 1.82) is 0 Å². The van der Waals surface area contributed by atoms with E-state index in [9.17, 15) is 0 Å². The monoisotopic (exact) mass is 274 g/mol. The molecule has 0 radical (unpaired) electrons. The van der Waals surface area contributed by atoms with Crippen LogP contribution in [0.2, 0.25) is 0 Å². The fourth-order valence-electron chi connectivity index (χ4n) is 1.88. The van der Waals surface area contributed by atoms with E-state index in [0.717, 1.165) is 17.1 Å². The summed E-state index contributed by atoms with van der Waals surface area (Å²) in [5, 5.41) is 11.3. The predicted octanol–water partition coefficient (Wildman–Crippen LogP) is 2.52. The van der Waals surface area contributed by atoms with Crippen LogP contribution in [0.3, 0.4) is 0 Å². The molecular formula is C14H18N4S. The number of thiocarbonyl (C=S) groups is 1. The summed E-state index contributed by atoms with van der Waals surface area (Å²) in [6.45, 7) is 4.69. The van der Waals surface area contributed by atoms with Crippen molar-refractivity contribution < 1.29 is 0 Å². The molecule has 0 atom stereocenters. The SMILES string of the molecule is Cc1cc(CNC(=S)Nc2ccccc2C)n(C)n1. The van der Waals surface area contributed by atoms with E-state index in [1.54, 1.807) is 0 Å². The number of rotatable bonds is 3. The van der Waals surface area contributed by atoms with Crippen LogP contribution < -0.4 is 10.6 Å². The summed E-state index contributed by atoms with van der Waals surface area (Å²) in [4.78, 5) is 0. The van der Waals surface area contributed by atoms with E-state index in [-0.39, 0.29) is 0 Å². The Bertz CT molecular complexity index is 589. The van der Waals surface area contributed by atoms with Crippen molar-refractivity contribution in [2.75, 3.05) is 5.32 Å². The first-order valence-corrected chi connectivity index (χ1v) is 6.57. The molecule has 0 aliphatic heterocycles. The van der Waals surface area contributed by atoms with Crippen molar-refractivity contribution in [3.8, 4) is 0 Å². The third-order valence-electron chi connectivity index (χ3n) is 2.92. The molecule has 2 aromatic rings. The van der Waals surface area contributed by atoms with Gasteiger partial charge in [-0.1, -0.05) is 18.2 Å². The fourth-order valence-corrected chi connectivity index (χ4v) is 2.06. The van der Waals surface area contributed by atoms with Crippen LogP contribution in [0.25, 0.3) is 0 Å². The van der Waals surface area contributed by atoms with Crippen LogP contribution in [0.15, 0.2) is 30.3 Å². The minimum Gasteiger partial charge on any atom is -0.357 e. The third kappa shape index (κ3) is 3.54. The summed E-state index contributed by atoms with van der Waals surface area (Å²) >= 11 is 5.29. The largest absolute Gasteiger partial charge is 0.357 e. The van der Waals surface area contributed by atoms with Gasteiger partial charge in [0.2, 0.25) is 0 Å². The van der Waals surface area contributed by atoms with Gasteiger partial charge < -0.3 is 10.6 Å². The predicted molar refractivity (Wildman–Crippen MR) is 82.2 cm³/mol. The van der Waals surface area contributed by atoms with Gasteiger partial charge in [0, 0.05) is 12.7 Å². The van der Waals surface area contributed by atoms with E-state index in [2.05, 4.69) is 28.7 Å². The zero-order valence-corrected chi connectivity index (χ0v) is 12.2. The number of aromatic nitrogens is 2. The highest BCUT2D eigenvalue weighted by molar-refractivity contribution is 7.80. The van der Waals surface area contributed by atoms with Crippen LogP contribution in [-0.4, -0.2) is 14.9 Å². The van der Waals surface area contributed by atoms with Crippen molar-refractivity contribution >= 4 is 23.0 Å². The number of anilines is 1. The zero-order valence-electron chi connectivity index (χ0n) is 11.4. The van der Waals surface area contributed by atoms with E-state index >= 15 is 0 Å². The van der Waals surface area contributed by atoms with Crippen LogP contribution in [0.4, 0.5) is 5.69 Å². The van der Waals surface area contributed by atoms with Gasteiger partial charge >= 0.3 is 0 Å². The third-order valence-corrected chi connectivity index (χ3v) is 3.17. The molecule has 4 nitrogen and oxygen atoms in total. The van der Waals surface area contributed by atoms with Gasteiger partial charge in [-0.25, -0.2) is 0 Å². The summed E-state index contributed by atoms with van der Waals surface area (Å²) in [5.74, 6) is 0. The van der Waals surface area contributed by atoms with Crippen LogP contribution >= 0.6 is 12.2 Å². The van der Waals surface area contributed by atoms with E-state index in [0.29, 0.717) is 11.7 Å². The maximum absolute atomic E-state index is 5.29. The molecule has 0 amide bonds. The Balaban J connectivity index is 1.92. The van der Waals surface area contributed by atoms with E-state index in [1.165, 1.54) is 5.56 Å². The normalized spacial score (nSPS) is 10.3. The molecule has 2 N–H and O–H groups in total. The number of para-hydroxylation sites is 1. The summed E-state index contributed by atoms with van der Waals surface area (Å²) < 4.78 is 1.86. The number of hydrogen-bond acceptors (Lipinski definition) is 2. The number of hydrogen-bond donors (Lipinski definition) is 2. The molecule has 1 aromatic carbocycles. The van der Waals surface area contributed by atoms with Crippen LogP contribution in [-0.2, 0) is 13.6 Å². The van der Waals surface area contributed by atoms with E-state index in [4.69, 9.17) is 12.2 Å². The average molecular weight is 274 g/mol. The van der Waals surface area contributed by atoms with Crippen molar-refractivity contribution in [2.24, 2.45) is 7.05 Å². The minimum atomic E-state index is 0.619. The quantitative estimate of drug-likeness (QED) is 0.844. The van der Waals surface area contributed by atoms with Gasteiger partial charge in [0.05, 0.1) is 17.9 Å². The molecule has 0 fully saturated rings. The Labute approximate surface area is 118 Å². The van der Waals surface area contributed by atoms with Gasteiger partial charge in [-0.05, 0) is 43.8 Å². The fraction of sp³-hybridized carbons (Fsp3) is 0.286. The molecule has 5 heteroatoms. The molecule has 1 aromatic heterocycles. The molecule has 19 heavy (non-hydrogen) atoms. The maximum atomic E-state index is 5.29. The average Bonchev–Trinajstić information content (AvgIpc) is 2.68. The summed E-state index contributed by atoms with van der Waals surface area (Å²) in [6.07, 6.45) is 0. The summed E-state index contributed by atoms with van der Waals surface area (Å²) in [5.41, 5.74) is 4.31. The second-order valence-corrected chi connectivity index (χ2v) is 4.93. The van der Waals surface area contributed by atoms with Crippen molar-refractivity contribution in [3.63, 3.8) is 0 Å². The number of nitrogens with one attached hydrogen (secondary N) is 2. The molecule has 2 rings (SSSR count). The second-order valence-electron chi connectivity index (χ2n) is 4.52. The molecule has 0 saturated carbocycles. The second kappa shape index (κ2) is 5.84. The van der Waals surface area contributed by atoms with Gasteiger partial charge in [0.15, 0.2) is 5.11 Å². The minimum absolute atomic E-state index is 0.619. The Morgan fingerprint density at radius 3 is 2.68 bits per heavy atom. The Hall–Kier alpha value is -1.88. The molecule has 0 spiro atoms. The van der Waals surface area contributed by atoms with Crippen LogP contribution in [0.1, 0.15) is 17.0 Å². The zero-order chi connectivity index (χ0) is 13.8.